The first kappa shape index (κ1) is 11.7. The maximum atomic E-state index is 6.12. The fourth-order valence-electron chi connectivity index (χ4n) is 1.36. The number of aromatic nitrogens is 1. The number of pyridine rings is 1. The predicted molar refractivity (Wildman–Crippen MR) is 71.7 cm³/mol. The van der Waals surface area contributed by atoms with E-state index in [1.54, 1.807) is 17.4 Å². The van der Waals surface area contributed by atoms with Gasteiger partial charge in [0.2, 0.25) is 0 Å². The monoisotopic (exact) mass is 272 g/mol. The van der Waals surface area contributed by atoms with E-state index in [4.69, 9.17) is 23.2 Å². The number of halogens is 2. The van der Waals surface area contributed by atoms with E-state index < -0.39 is 0 Å². The summed E-state index contributed by atoms with van der Waals surface area (Å²) in [4.78, 5) is 4.44. The summed E-state index contributed by atoms with van der Waals surface area (Å²) in [5, 5.41) is 8.23. The molecule has 0 unspecified atom stereocenters. The lowest BCUT2D eigenvalue weighted by molar-refractivity contribution is 1.16. The molecule has 84 valence electrons. The third-order valence-corrected chi connectivity index (χ3v) is 3.33. The van der Waals surface area contributed by atoms with Gasteiger partial charge >= 0.3 is 0 Å². The number of thiophene rings is 1. The molecule has 2 heterocycles. The minimum absolute atomic E-state index is 0.547. The molecule has 0 saturated heterocycles. The first-order valence-corrected chi connectivity index (χ1v) is 6.54. The van der Waals surface area contributed by atoms with E-state index in [1.165, 1.54) is 0 Å². The van der Waals surface area contributed by atoms with E-state index in [-0.39, 0.29) is 0 Å². The van der Waals surface area contributed by atoms with E-state index in [1.807, 2.05) is 23.8 Å². The molecule has 2 aromatic rings. The van der Waals surface area contributed by atoms with Crippen molar-refractivity contribution in [1.82, 2.24) is 4.98 Å². The van der Waals surface area contributed by atoms with Gasteiger partial charge in [0.05, 0.1) is 15.7 Å². The van der Waals surface area contributed by atoms with Crippen LogP contribution in [0.4, 0.5) is 5.82 Å². The number of rotatable bonds is 3. The summed E-state index contributed by atoms with van der Waals surface area (Å²) in [6.45, 7) is 2.77. The summed E-state index contributed by atoms with van der Waals surface area (Å²) >= 11 is 13.8. The summed E-state index contributed by atoms with van der Waals surface area (Å²) in [6, 6.07) is 3.71. The van der Waals surface area contributed by atoms with E-state index in [0.717, 1.165) is 17.8 Å². The molecule has 0 bridgehead atoms. The Bertz CT molecular complexity index is 483. The zero-order valence-electron chi connectivity index (χ0n) is 8.63. The van der Waals surface area contributed by atoms with Gasteiger partial charge in [0, 0.05) is 17.5 Å². The highest BCUT2D eigenvalue weighted by molar-refractivity contribution is 7.08. The molecule has 5 heteroatoms. The maximum absolute atomic E-state index is 6.12. The van der Waals surface area contributed by atoms with Gasteiger partial charge in [0.1, 0.15) is 5.82 Å². The zero-order valence-corrected chi connectivity index (χ0v) is 11.0. The van der Waals surface area contributed by atoms with Crippen LogP contribution in [-0.2, 0) is 0 Å². The van der Waals surface area contributed by atoms with Crippen molar-refractivity contribution in [3.63, 3.8) is 0 Å². The van der Waals surface area contributed by atoms with Gasteiger partial charge in [-0.15, -0.1) is 0 Å². The molecular formula is C11H10Cl2N2S. The number of hydrogen-bond acceptors (Lipinski definition) is 3. The molecule has 0 fully saturated rings. The Hall–Kier alpha value is -0.770. The molecule has 0 spiro atoms. The van der Waals surface area contributed by atoms with Crippen molar-refractivity contribution in [1.29, 1.82) is 0 Å². The van der Waals surface area contributed by atoms with Crippen molar-refractivity contribution >= 4 is 40.4 Å². The van der Waals surface area contributed by atoms with Crippen molar-refractivity contribution in [3.8, 4) is 11.3 Å². The van der Waals surface area contributed by atoms with Crippen LogP contribution in [0, 0.1) is 0 Å². The van der Waals surface area contributed by atoms with E-state index in [9.17, 15) is 0 Å². The summed E-state index contributed by atoms with van der Waals surface area (Å²) in [5.41, 5.74) is 1.79. The van der Waals surface area contributed by atoms with Gasteiger partial charge < -0.3 is 5.32 Å². The Balaban J connectivity index is 2.49. The average Bonchev–Trinajstić information content (AvgIpc) is 2.75. The Morgan fingerprint density at radius 3 is 2.81 bits per heavy atom. The lowest BCUT2D eigenvalue weighted by atomic mass is 10.2. The summed E-state index contributed by atoms with van der Waals surface area (Å²) < 4.78 is 0. The standard InChI is InChI=1S/C11H10Cl2N2S/c1-2-14-11-9(13)5-8(12)10(15-11)7-3-4-16-6-7/h3-6H,2H2,1H3,(H,14,15). The third kappa shape index (κ3) is 2.32. The largest absolute Gasteiger partial charge is 0.369 e. The van der Waals surface area contributed by atoms with Crippen LogP contribution in [0.25, 0.3) is 11.3 Å². The Morgan fingerprint density at radius 2 is 2.19 bits per heavy atom. The van der Waals surface area contributed by atoms with Crippen molar-refractivity contribution in [2.24, 2.45) is 0 Å². The highest BCUT2D eigenvalue weighted by Crippen LogP contribution is 2.33. The van der Waals surface area contributed by atoms with Crippen LogP contribution in [0.15, 0.2) is 22.9 Å². The van der Waals surface area contributed by atoms with Gasteiger partial charge in [-0.2, -0.15) is 11.3 Å². The van der Waals surface area contributed by atoms with Gasteiger partial charge in [-0.05, 0) is 24.4 Å². The van der Waals surface area contributed by atoms with E-state index in [0.29, 0.717) is 15.9 Å². The maximum Gasteiger partial charge on any atom is 0.145 e. The van der Waals surface area contributed by atoms with Crippen LogP contribution in [-0.4, -0.2) is 11.5 Å². The molecule has 2 rings (SSSR count). The average molecular weight is 273 g/mol. The smallest absolute Gasteiger partial charge is 0.145 e. The lowest BCUT2D eigenvalue weighted by Crippen LogP contribution is -2.01. The highest BCUT2D eigenvalue weighted by atomic mass is 35.5. The van der Waals surface area contributed by atoms with Crippen LogP contribution < -0.4 is 5.32 Å². The van der Waals surface area contributed by atoms with Crippen molar-refractivity contribution in [2.75, 3.05) is 11.9 Å². The minimum atomic E-state index is 0.547. The number of anilines is 1. The normalized spacial score (nSPS) is 10.4. The SMILES string of the molecule is CCNc1nc(-c2ccsc2)c(Cl)cc1Cl. The van der Waals surface area contributed by atoms with Gasteiger partial charge in [-0.25, -0.2) is 4.98 Å². The quantitative estimate of drug-likeness (QED) is 0.887. The molecule has 2 aromatic heterocycles. The number of hydrogen-bond donors (Lipinski definition) is 1. The molecule has 0 aliphatic heterocycles. The fraction of sp³-hybridized carbons (Fsp3) is 0.182. The second kappa shape index (κ2) is 5.04. The van der Waals surface area contributed by atoms with E-state index in [2.05, 4.69) is 10.3 Å². The molecule has 0 amide bonds. The molecule has 16 heavy (non-hydrogen) atoms. The molecule has 0 radical (unpaired) electrons. The molecule has 0 aliphatic rings. The molecule has 0 saturated carbocycles. The number of nitrogens with zero attached hydrogens (tertiary/aromatic N) is 1. The van der Waals surface area contributed by atoms with Crippen LogP contribution in [0.2, 0.25) is 10.0 Å². The second-order valence-corrected chi connectivity index (χ2v) is 4.79. The molecule has 0 atom stereocenters. The predicted octanol–water partition coefficient (Wildman–Crippen LogP) is 4.55. The first-order valence-electron chi connectivity index (χ1n) is 4.85. The van der Waals surface area contributed by atoms with Crippen LogP contribution >= 0.6 is 34.5 Å². The molecule has 0 aromatic carbocycles. The first-order chi connectivity index (χ1) is 7.72. The number of nitrogens with one attached hydrogen (secondary N) is 1. The molecule has 0 aliphatic carbocycles. The molecule has 1 N–H and O–H groups in total. The fourth-order valence-corrected chi connectivity index (χ4v) is 2.53. The van der Waals surface area contributed by atoms with Crippen LogP contribution in [0.1, 0.15) is 6.92 Å². The van der Waals surface area contributed by atoms with Crippen molar-refractivity contribution in [3.05, 3.63) is 32.9 Å². The summed E-state index contributed by atoms with van der Waals surface area (Å²) in [7, 11) is 0. The highest BCUT2D eigenvalue weighted by Gasteiger charge is 2.10. The zero-order chi connectivity index (χ0) is 11.5. The van der Waals surface area contributed by atoms with Crippen LogP contribution in [0.5, 0.6) is 0 Å². The molecule has 2 nitrogen and oxygen atoms in total. The topological polar surface area (TPSA) is 24.9 Å². The van der Waals surface area contributed by atoms with Gasteiger partial charge in [0.15, 0.2) is 0 Å². The Kier molecular flexibility index (Phi) is 3.69. The Morgan fingerprint density at radius 1 is 1.38 bits per heavy atom. The van der Waals surface area contributed by atoms with Crippen LogP contribution in [0.3, 0.4) is 0 Å². The van der Waals surface area contributed by atoms with Gasteiger partial charge in [0.25, 0.3) is 0 Å². The van der Waals surface area contributed by atoms with Crippen molar-refractivity contribution in [2.45, 2.75) is 6.92 Å². The summed E-state index contributed by atoms with van der Waals surface area (Å²) in [6.07, 6.45) is 0. The third-order valence-electron chi connectivity index (χ3n) is 2.07. The molecular weight excluding hydrogens is 263 g/mol. The van der Waals surface area contributed by atoms with Gasteiger partial charge in [-0.3, -0.25) is 0 Å². The van der Waals surface area contributed by atoms with Gasteiger partial charge in [-0.1, -0.05) is 23.2 Å². The summed E-state index contributed by atoms with van der Waals surface area (Å²) in [5.74, 6) is 0.676. The Labute approximate surface area is 108 Å². The van der Waals surface area contributed by atoms with Crippen molar-refractivity contribution < 1.29 is 0 Å². The minimum Gasteiger partial charge on any atom is -0.369 e. The van der Waals surface area contributed by atoms with E-state index >= 15 is 0 Å². The second-order valence-electron chi connectivity index (χ2n) is 3.19. The lowest BCUT2D eigenvalue weighted by Gasteiger charge is -2.08.